The highest BCUT2D eigenvalue weighted by Gasteiger charge is 2.40. The third kappa shape index (κ3) is 2.60. The van der Waals surface area contributed by atoms with E-state index in [9.17, 15) is 4.79 Å². The molecule has 1 aliphatic rings. The molecule has 14 heavy (non-hydrogen) atoms. The minimum atomic E-state index is -0.682. The van der Waals surface area contributed by atoms with Crippen molar-refractivity contribution in [3.63, 3.8) is 0 Å². The van der Waals surface area contributed by atoms with Gasteiger partial charge in [0.1, 0.15) is 0 Å². The Morgan fingerprint density at radius 1 is 1.50 bits per heavy atom. The van der Waals surface area contributed by atoms with Gasteiger partial charge in [0.05, 0.1) is 0 Å². The quantitative estimate of drug-likeness (QED) is 0.704. The molecule has 1 saturated carbocycles. The standard InChI is InChI=1S/C12H20O2/c1-8(2)10-7-12(3,4)6-9(10)5-11(13)14/h9-10H,1,5-7H2,2-4H3,(H,13,14)/t9-,10+/m1/s1. The second-order valence-corrected chi connectivity index (χ2v) is 5.38. The van der Waals surface area contributed by atoms with E-state index < -0.39 is 5.97 Å². The van der Waals surface area contributed by atoms with Gasteiger partial charge in [-0.3, -0.25) is 4.79 Å². The van der Waals surface area contributed by atoms with E-state index in [0.717, 1.165) is 18.4 Å². The summed E-state index contributed by atoms with van der Waals surface area (Å²) in [7, 11) is 0. The van der Waals surface area contributed by atoms with Crippen LogP contribution in [0.15, 0.2) is 12.2 Å². The summed E-state index contributed by atoms with van der Waals surface area (Å²) in [4.78, 5) is 10.7. The number of carboxylic acid groups (broad SMARTS) is 1. The topological polar surface area (TPSA) is 37.3 Å². The van der Waals surface area contributed by atoms with Crippen LogP contribution < -0.4 is 0 Å². The molecule has 1 N–H and O–H groups in total. The zero-order valence-corrected chi connectivity index (χ0v) is 9.34. The Labute approximate surface area is 86.0 Å². The van der Waals surface area contributed by atoms with Crippen LogP contribution in [0.4, 0.5) is 0 Å². The minimum absolute atomic E-state index is 0.281. The molecule has 2 heteroatoms. The number of hydrogen-bond acceptors (Lipinski definition) is 1. The van der Waals surface area contributed by atoms with E-state index in [0.29, 0.717) is 18.3 Å². The van der Waals surface area contributed by atoms with Crippen LogP contribution in [0.25, 0.3) is 0 Å². The molecule has 0 aromatic rings. The van der Waals surface area contributed by atoms with Gasteiger partial charge in [0.2, 0.25) is 0 Å². The van der Waals surface area contributed by atoms with Crippen molar-refractivity contribution in [1.29, 1.82) is 0 Å². The first-order chi connectivity index (χ1) is 6.32. The average molecular weight is 196 g/mol. The third-order valence-corrected chi connectivity index (χ3v) is 3.23. The molecule has 0 aliphatic heterocycles. The lowest BCUT2D eigenvalue weighted by Crippen LogP contribution is -2.13. The van der Waals surface area contributed by atoms with Crippen molar-refractivity contribution in [3.05, 3.63) is 12.2 Å². The average Bonchev–Trinajstić information content (AvgIpc) is 2.24. The zero-order valence-electron chi connectivity index (χ0n) is 9.34. The highest BCUT2D eigenvalue weighted by molar-refractivity contribution is 5.67. The van der Waals surface area contributed by atoms with Crippen molar-refractivity contribution in [2.45, 2.75) is 40.0 Å². The summed E-state index contributed by atoms with van der Waals surface area (Å²) >= 11 is 0. The summed E-state index contributed by atoms with van der Waals surface area (Å²) in [6.07, 6.45) is 2.39. The largest absolute Gasteiger partial charge is 0.481 e. The van der Waals surface area contributed by atoms with E-state index in [1.165, 1.54) is 0 Å². The molecule has 0 radical (unpaired) electrons. The van der Waals surface area contributed by atoms with Gasteiger partial charge >= 0.3 is 5.97 Å². The first kappa shape index (κ1) is 11.3. The second kappa shape index (κ2) is 3.76. The lowest BCUT2D eigenvalue weighted by Gasteiger charge is -2.17. The smallest absolute Gasteiger partial charge is 0.303 e. The Kier molecular flexibility index (Phi) is 3.03. The van der Waals surface area contributed by atoms with E-state index in [4.69, 9.17) is 5.11 Å². The van der Waals surface area contributed by atoms with Gasteiger partial charge < -0.3 is 5.11 Å². The van der Waals surface area contributed by atoms with Crippen LogP contribution in [-0.2, 0) is 4.79 Å². The van der Waals surface area contributed by atoms with Crippen LogP contribution in [0.3, 0.4) is 0 Å². The fourth-order valence-electron chi connectivity index (χ4n) is 2.71. The number of rotatable bonds is 3. The summed E-state index contributed by atoms with van der Waals surface area (Å²) in [6, 6.07) is 0. The molecule has 0 spiro atoms. The maximum Gasteiger partial charge on any atom is 0.303 e. The number of carbonyl (C=O) groups is 1. The van der Waals surface area contributed by atoms with E-state index >= 15 is 0 Å². The van der Waals surface area contributed by atoms with Gasteiger partial charge in [-0.1, -0.05) is 26.0 Å². The fourth-order valence-corrected chi connectivity index (χ4v) is 2.71. The lowest BCUT2D eigenvalue weighted by atomic mass is 9.88. The predicted molar refractivity (Wildman–Crippen MR) is 57.1 cm³/mol. The van der Waals surface area contributed by atoms with Crippen LogP contribution in [0.2, 0.25) is 0 Å². The molecule has 0 unspecified atom stereocenters. The zero-order chi connectivity index (χ0) is 10.9. The Balaban J connectivity index is 2.72. The van der Waals surface area contributed by atoms with Crippen LogP contribution in [0.1, 0.15) is 40.0 Å². The fraction of sp³-hybridized carbons (Fsp3) is 0.750. The summed E-state index contributed by atoms with van der Waals surface area (Å²) < 4.78 is 0. The van der Waals surface area contributed by atoms with Gasteiger partial charge in [0.15, 0.2) is 0 Å². The molecule has 2 atom stereocenters. The Morgan fingerprint density at radius 3 is 2.50 bits per heavy atom. The number of allylic oxidation sites excluding steroid dienone is 1. The van der Waals surface area contributed by atoms with E-state index in [-0.39, 0.29) is 5.41 Å². The third-order valence-electron chi connectivity index (χ3n) is 3.23. The molecular weight excluding hydrogens is 176 g/mol. The minimum Gasteiger partial charge on any atom is -0.481 e. The van der Waals surface area contributed by atoms with Crippen molar-refractivity contribution < 1.29 is 9.90 Å². The van der Waals surface area contributed by atoms with Crippen LogP contribution >= 0.6 is 0 Å². The van der Waals surface area contributed by atoms with Crippen molar-refractivity contribution in [2.75, 3.05) is 0 Å². The maximum atomic E-state index is 10.7. The molecule has 0 aromatic heterocycles. The molecule has 1 fully saturated rings. The van der Waals surface area contributed by atoms with E-state index in [2.05, 4.69) is 20.4 Å². The van der Waals surface area contributed by atoms with Crippen molar-refractivity contribution in [3.8, 4) is 0 Å². The van der Waals surface area contributed by atoms with Gasteiger partial charge in [-0.2, -0.15) is 0 Å². The van der Waals surface area contributed by atoms with Crippen LogP contribution in [0, 0.1) is 17.3 Å². The lowest BCUT2D eigenvalue weighted by molar-refractivity contribution is -0.138. The molecule has 80 valence electrons. The van der Waals surface area contributed by atoms with E-state index in [1.54, 1.807) is 0 Å². The molecule has 0 aromatic carbocycles. The van der Waals surface area contributed by atoms with Crippen LogP contribution in [-0.4, -0.2) is 11.1 Å². The first-order valence-corrected chi connectivity index (χ1v) is 5.19. The summed E-state index contributed by atoms with van der Waals surface area (Å²) in [5.41, 5.74) is 1.42. The maximum absolute atomic E-state index is 10.7. The van der Waals surface area contributed by atoms with Gasteiger partial charge in [0, 0.05) is 6.42 Å². The molecular formula is C12H20O2. The highest BCUT2D eigenvalue weighted by atomic mass is 16.4. The Bertz CT molecular complexity index is 253. The predicted octanol–water partition coefficient (Wildman–Crippen LogP) is 3.09. The molecule has 0 saturated heterocycles. The van der Waals surface area contributed by atoms with Gasteiger partial charge in [-0.05, 0) is 37.0 Å². The summed E-state index contributed by atoms with van der Waals surface area (Å²) in [5, 5.41) is 8.81. The number of hydrogen-bond donors (Lipinski definition) is 1. The molecule has 2 nitrogen and oxygen atoms in total. The summed E-state index contributed by atoms with van der Waals surface area (Å²) in [6.45, 7) is 10.4. The Hall–Kier alpha value is -0.790. The molecule has 0 amide bonds. The van der Waals surface area contributed by atoms with Crippen molar-refractivity contribution in [1.82, 2.24) is 0 Å². The van der Waals surface area contributed by atoms with Crippen LogP contribution in [0.5, 0.6) is 0 Å². The molecule has 1 rings (SSSR count). The summed E-state index contributed by atoms with van der Waals surface area (Å²) in [5.74, 6) is 0.0139. The van der Waals surface area contributed by atoms with Gasteiger partial charge in [0.25, 0.3) is 0 Å². The molecule has 0 heterocycles. The molecule has 1 aliphatic carbocycles. The first-order valence-electron chi connectivity index (χ1n) is 5.19. The van der Waals surface area contributed by atoms with E-state index in [1.807, 2.05) is 6.92 Å². The number of carboxylic acids is 1. The van der Waals surface area contributed by atoms with Crippen molar-refractivity contribution in [2.24, 2.45) is 17.3 Å². The second-order valence-electron chi connectivity index (χ2n) is 5.38. The normalized spacial score (nSPS) is 30.2. The van der Waals surface area contributed by atoms with Gasteiger partial charge in [-0.15, -0.1) is 0 Å². The monoisotopic (exact) mass is 196 g/mol. The highest BCUT2D eigenvalue weighted by Crippen LogP contribution is 2.48. The van der Waals surface area contributed by atoms with Gasteiger partial charge in [-0.25, -0.2) is 0 Å². The number of aliphatic carboxylic acids is 1. The SMILES string of the molecule is C=C(C)[C@@H]1CC(C)(C)C[C@H]1CC(=O)O. The Morgan fingerprint density at radius 2 is 2.07 bits per heavy atom. The molecule has 0 bridgehead atoms. The van der Waals surface area contributed by atoms with Crippen molar-refractivity contribution >= 4 is 5.97 Å².